The van der Waals surface area contributed by atoms with Gasteiger partial charge in [-0.1, -0.05) is 228 Å². The summed E-state index contributed by atoms with van der Waals surface area (Å²) in [4.78, 5) is 0. The first-order valence-corrected chi connectivity index (χ1v) is 20.9. The van der Waals surface area contributed by atoms with E-state index in [0.717, 1.165) is 52.9 Å². The molecule has 4 aliphatic carbocycles. The Morgan fingerprint density at radius 1 is 0.327 bits per heavy atom. The normalized spacial score (nSPS) is 27.6. The third kappa shape index (κ3) is 28.8. The maximum atomic E-state index is 12.6. The second-order valence-electron chi connectivity index (χ2n) is 17.9. The van der Waals surface area contributed by atoms with E-state index in [2.05, 4.69) is 93.5 Å². The highest BCUT2D eigenvalue weighted by Gasteiger charge is 2.15. The molecule has 0 radical (unpaired) electrons. The van der Waals surface area contributed by atoms with Crippen molar-refractivity contribution in [2.24, 2.45) is 47.3 Å². The first-order chi connectivity index (χ1) is 23.1. The van der Waals surface area contributed by atoms with Crippen LogP contribution in [0.15, 0.2) is 42.5 Å². The Balaban J connectivity index is -0.000000548. The van der Waals surface area contributed by atoms with Crippen molar-refractivity contribution in [3.8, 4) is 0 Å². The molecule has 4 aliphatic rings. The zero-order valence-electron chi connectivity index (χ0n) is 34.9. The lowest BCUT2D eigenvalue weighted by molar-refractivity contribution is 0.308. The van der Waals surface area contributed by atoms with Crippen molar-refractivity contribution in [1.82, 2.24) is 0 Å². The minimum absolute atomic E-state index is 0. The van der Waals surface area contributed by atoms with Gasteiger partial charge in [-0.15, -0.1) is 0 Å². The van der Waals surface area contributed by atoms with Crippen molar-refractivity contribution in [3.05, 3.63) is 70.5 Å². The van der Waals surface area contributed by atoms with Gasteiger partial charge < -0.3 is 0 Å². The highest BCUT2D eigenvalue weighted by molar-refractivity contribution is 5.21. The van der Waals surface area contributed by atoms with Crippen LogP contribution >= 0.6 is 0 Å². The first kappa shape index (κ1) is 54.7. The van der Waals surface area contributed by atoms with Gasteiger partial charge in [-0.2, -0.15) is 0 Å². The summed E-state index contributed by atoms with van der Waals surface area (Å²) in [6.45, 7) is 26.8. The topological polar surface area (TPSA) is 0 Å². The van der Waals surface area contributed by atoms with E-state index < -0.39 is 0 Å². The molecule has 0 heterocycles. The van der Waals surface area contributed by atoms with Gasteiger partial charge >= 0.3 is 0 Å². The van der Waals surface area contributed by atoms with Gasteiger partial charge in [0, 0.05) is 0 Å². The number of aryl methyl sites for hydroxylation is 4. The largest absolute Gasteiger partial charge is 0.207 e. The Morgan fingerprint density at radius 2 is 0.500 bits per heavy atom. The van der Waals surface area contributed by atoms with Crippen LogP contribution in [-0.2, 0) is 0 Å². The quantitative estimate of drug-likeness (QED) is 0.254. The lowest BCUT2D eigenvalue weighted by Gasteiger charge is -2.22. The summed E-state index contributed by atoms with van der Waals surface area (Å²) >= 11 is 0. The molecule has 0 spiro atoms. The average Bonchev–Trinajstić information content (AvgIpc) is 3.08. The van der Waals surface area contributed by atoms with Crippen LogP contribution in [-0.4, -0.2) is 0 Å². The van der Waals surface area contributed by atoms with Gasteiger partial charge in [0.2, 0.25) is 0 Å². The molecule has 0 amide bonds. The van der Waals surface area contributed by atoms with Gasteiger partial charge in [0.1, 0.15) is 5.82 Å². The first-order valence-electron chi connectivity index (χ1n) is 20.9. The van der Waals surface area contributed by atoms with Crippen molar-refractivity contribution < 1.29 is 4.39 Å². The second kappa shape index (κ2) is 31.7. The van der Waals surface area contributed by atoms with Crippen LogP contribution in [0.1, 0.15) is 203 Å². The van der Waals surface area contributed by atoms with Crippen LogP contribution in [0.2, 0.25) is 0 Å². The fourth-order valence-electron chi connectivity index (χ4n) is 7.04. The van der Waals surface area contributed by atoms with Crippen molar-refractivity contribution in [2.75, 3.05) is 0 Å². The number of halogens is 1. The molecule has 6 rings (SSSR count). The van der Waals surface area contributed by atoms with Gasteiger partial charge in [0.25, 0.3) is 0 Å². The molecule has 0 aromatic heterocycles. The molecule has 306 valence electrons. The van der Waals surface area contributed by atoms with E-state index in [-0.39, 0.29) is 28.1 Å². The Kier molecular flexibility index (Phi) is 33.3. The molecule has 2 aromatic carbocycles. The molecule has 0 aliphatic heterocycles. The van der Waals surface area contributed by atoms with E-state index in [4.69, 9.17) is 0 Å². The van der Waals surface area contributed by atoms with E-state index in [9.17, 15) is 4.39 Å². The number of hydrogen-bond acceptors (Lipinski definition) is 0. The summed E-state index contributed by atoms with van der Waals surface area (Å²) in [5, 5.41) is 0. The van der Waals surface area contributed by atoms with E-state index in [1.165, 1.54) is 120 Å². The van der Waals surface area contributed by atoms with Crippen LogP contribution < -0.4 is 0 Å². The minimum Gasteiger partial charge on any atom is -0.207 e. The predicted octanol–water partition coefficient (Wildman–Crippen LogP) is 18.0. The molecule has 0 bridgehead atoms. The third-order valence-corrected chi connectivity index (χ3v) is 11.8. The third-order valence-electron chi connectivity index (χ3n) is 11.8. The summed E-state index contributed by atoms with van der Waals surface area (Å²) < 4.78 is 12.6. The Labute approximate surface area is 329 Å². The highest BCUT2D eigenvalue weighted by Crippen LogP contribution is 2.29. The monoisotopic (exact) mass is 727 g/mol. The van der Waals surface area contributed by atoms with Gasteiger partial charge in [-0.25, -0.2) is 4.39 Å². The molecule has 2 aromatic rings. The second-order valence-corrected chi connectivity index (χ2v) is 17.9. The molecule has 0 nitrogen and oxygen atoms in total. The summed E-state index contributed by atoms with van der Waals surface area (Å²) in [6, 6.07) is 13.7. The Morgan fingerprint density at radius 3 is 0.654 bits per heavy atom. The molecule has 1 heteroatoms. The summed E-state index contributed by atoms with van der Waals surface area (Å²) in [5.41, 5.74) is 4.34. The summed E-state index contributed by atoms with van der Waals surface area (Å²) in [5.74, 6) is 8.04. The van der Waals surface area contributed by atoms with Crippen LogP contribution in [0.4, 0.5) is 4.39 Å². The fourth-order valence-corrected chi connectivity index (χ4v) is 7.04. The summed E-state index contributed by atoms with van der Waals surface area (Å²) in [7, 11) is 0. The number of benzene rings is 2. The van der Waals surface area contributed by atoms with E-state index in [0.29, 0.717) is 5.56 Å². The Hall–Kier alpha value is -1.63. The smallest absolute Gasteiger partial charge is 0.126 e. The van der Waals surface area contributed by atoms with Crippen LogP contribution in [0, 0.1) is 80.9 Å². The maximum absolute atomic E-state index is 12.6. The SMILES string of the molecule is C.C.C.CC1CCC(C)CC1.CC1CCC(C)CC1.CC1CCC(C)CC1.CC1CCC(C)CC1.Cc1ccc(C)c(F)c1.Cc1ccc(C)cc1. The molecule has 52 heavy (non-hydrogen) atoms. The lowest BCUT2D eigenvalue weighted by Crippen LogP contribution is -2.08. The maximum Gasteiger partial charge on any atom is 0.126 e. The summed E-state index contributed by atoms with van der Waals surface area (Å²) in [6.07, 6.45) is 23.6. The van der Waals surface area contributed by atoms with Crippen molar-refractivity contribution in [2.45, 2.75) is 208 Å². The number of rotatable bonds is 0. The zero-order valence-corrected chi connectivity index (χ0v) is 34.9. The average molecular weight is 727 g/mol. The van der Waals surface area contributed by atoms with Crippen molar-refractivity contribution in [1.29, 1.82) is 0 Å². The van der Waals surface area contributed by atoms with Gasteiger partial charge in [0.05, 0.1) is 0 Å². The standard InChI is InChI=1S/C8H9F.4C8H16.C8H10.3CH4/c1-6-3-4-7(2)8(9)5-6;5*1-7-3-5-8(2)6-4-7;;;/h3-5H,1-2H3;4*7-8H,3-6H2,1-2H3;3-6H,1-2H3;3*1H4. The van der Waals surface area contributed by atoms with Gasteiger partial charge in [-0.3, -0.25) is 0 Å². The Bertz CT molecular complexity index is 896. The molecule has 4 fully saturated rings. The van der Waals surface area contributed by atoms with E-state index >= 15 is 0 Å². The van der Waals surface area contributed by atoms with E-state index in [1.54, 1.807) is 13.0 Å². The van der Waals surface area contributed by atoms with Crippen LogP contribution in [0.25, 0.3) is 0 Å². The zero-order chi connectivity index (χ0) is 36.8. The predicted molar refractivity (Wildman–Crippen MR) is 239 cm³/mol. The van der Waals surface area contributed by atoms with Crippen molar-refractivity contribution >= 4 is 0 Å². The van der Waals surface area contributed by atoms with Crippen LogP contribution in [0.5, 0.6) is 0 Å². The molecule has 0 unspecified atom stereocenters. The van der Waals surface area contributed by atoms with Crippen molar-refractivity contribution in [3.63, 3.8) is 0 Å². The molecule has 4 saturated carbocycles. The molecular formula is C51H95F. The molecule has 0 N–H and O–H groups in total. The van der Waals surface area contributed by atoms with Gasteiger partial charge in [0.15, 0.2) is 0 Å². The fraction of sp³-hybridized carbons (Fsp3) is 0.765. The van der Waals surface area contributed by atoms with Gasteiger partial charge in [-0.05, 0) is 92.2 Å². The molecule has 0 saturated heterocycles. The van der Waals surface area contributed by atoms with Crippen LogP contribution in [0.3, 0.4) is 0 Å². The lowest BCUT2D eigenvalue weighted by atomic mass is 9.84. The molecule has 0 atom stereocenters. The minimum atomic E-state index is -0.116. The molecular weight excluding hydrogens is 632 g/mol. The highest BCUT2D eigenvalue weighted by atomic mass is 19.1. The number of hydrogen-bond donors (Lipinski definition) is 0. The van der Waals surface area contributed by atoms with E-state index in [1.807, 2.05) is 13.0 Å².